The number of hydrogen-bond acceptors (Lipinski definition) is 0. The maximum absolute atomic E-state index is 2.52. The molecule has 0 amide bonds. The van der Waals surface area contributed by atoms with Crippen molar-refractivity contribution in [2.75, 3.05) is 0 Å². The van der Waals surface area contributed by atoms with Gasteiger partial charge in [0, 0.05) is 32.9 Å². The highest BCUT2D eigenvalue weighted by molar-refractivity contribution is 6.12. The van der Waals surface area contributed by atoms with Crippen molar-refractivity contribution >= 4 is 55.3 Å². The number of allylic oxidation sites excluding steroid dienone is 7. The fourth-order valence-corrected chi connectivity index (χ4v) is 9.85. The molecule has 0 unspecified atom stereocenters. The molecule has 290 valence electrons. The van der Waals surface area contributed by atoms with Gasteiger partial charge in [0.2, 0.25) is 0 Å². The summed E-state index contributed by atoms with van der Waals surface area (Å²) in [7, 11) is 0. The van der Waals surface area contributed by atoms with E-state index in [2.05, 4.69) is 216 Å². The number of aromatic nitrogens is 2. The van der Waals surface area contributed by atoms with Crippen molar-refractivity contribution in [3.63, 3.8) is 0 Å². The van der Waals surface area contributed by atoms with Crippen LogP contribution in [0.25, 0.3) is 77.8 Å². The summed E-state index contributed by atoms with van der Waals surface area (Å²) in [4.78, 5) is 0. The summed E-state index contributed by atoms with van der Waals surface area (Å²) in [6.07, 6.45) is 21.2. The van der Waals surface area contributed by atoms with E-state index in [4.69, 9.17) is 0 Å². The Kier molecular flexibility index (Phi) is 9.27. The SMILES string of the molecule is CC/C=C\C=C/c1ccc(C2CC(c3cc(-n4c5ccccc5c5cc(C6=CCCC=C6)ccc54)cc(-n4c5ccccc5c5cc(-c6ccccc6)ccc54)c3)C2)cc1. The van der Waals surface area contributed by atoms with Crippen LogP contribution in [0.3, 0.4) is 0 Å². The summed E-state index contributed by atoms with van der Waals surface area (Å²) < 4.78 is 5.03. The molecule has 2 aliphatic rings. The molecule has 1 fully saturated rings. The summed E-state index contributed by atoms with van der Waals surface area (Å²) >= 11 is 0. The first-order valence-electron chi connectivity index (χ1n) is 21.8. The molecule has 1 saturated carbocycles. The molecule has 2 nitrogen and oxygen atoms in total. The molecule has 0 atom stereocenters. The van der Waals surface area contributed by atoms with Crippen LogP contribution in [-0.4, -0.2) is 9.13 Å². The van der Waals surface area contributed by atoms with Crippen molar-refractivity contribution in [1.82, 2.24) is 9.13 Å². The summed E-state index contributed by atoms with van der Waals surface area (Å²) in [5.41, 5.74) is 16.5. The van der Waals surface area contributed by atoms with Crippen molar-refractivity contribution < 1.29 is 0 Å². The average Bonchev–Trinajstić information content (AvgIpc) is 3.81. The summed E-state index contributed by atoms with van der Waals surface area (Å²) in [6.45, 7) is 2.17. The quantitative estimate of drug-likeness (QED) is 0.129. The van der Waals surface area contributed by atoms with E-state index in [9.17, 15) is 0 Å². The Morgan fingerprint density at radius 1 is 0.500 bits per heavy atom. The Labute approximate surface area is 352 Å². The zero-order valence-corrected chi connectivity index (χ0v) is 34.1. The Bertz CT molecular complexity index is 3180. The normalized spacial score (nSPS) is 16.8. The topological polar surface area (TPSA) is 9.86 Å². The molecule has 9 aromatic rings. The molecular formula is C58H48N2. The minimum atomic E-state index is 0.468. The first-order valence-corrected chi connectivity index (χ1v) is 21.8. The van der Waals surface area contributed by atoms with Gasteiger partial charge in [-0.3, -0.25) is 0 Å². The third kappa shape index (κ3) is 6.44. The van der Waals surface area contributed by atoms with Crippen LogP contribution in [-0.2, 0) is 0 Å². The molecule has 0 aliphatic heterocycles. The predicted octanol–water partition coefficient (Wildman–Crippen LogP) is 15.9. The second-order valence-corrected chi connectivity index (χ2v) is 16.7. The molecule has 2 heteroatoms. The smallest absolute Gasteiger partial charge is 0.0541 e. The van der Waals surface area contributed by atoms with Crippen molar-refractivity contribution in [2.45, 2.75) is 50.9 Å². The Balaban J connectivity index is 1.06. The van der Waals surface area contributed by atoms with Gasteiger partial charge in [-0.15, -0.1) is 0 Å². The van der Waals surface area contributed by atoms with E-state index >= 15 is 0 Å². The van der Waals surface area contributed by atoms with Gasteiger partial charge >= 0.3 is 0 Å². The molecule has 0 spiro atoms. The fourth-order valence-electron chi connectivity index (χ4n) is 9.85. The minimum Gasteiger partial charge on any atom is -0.309 e. The lowest BCUT2D eigenvalue weighted by atomic mass is 9.68. The molecule has 2 aliphatic carbocycles. The third-order valence-electron chi connectivity index (χ3n) is 13.0. The van der Waals surface area contributed by atoms with Gasteiger partial charge in [0.25, 0.3) is 0 Å². The van der Waals surface area contributed by atoms with E-state index in [-0.39, 0.29) is 0 Å². The van der Waals surface area contributed by atoms with Gasteiger partial charge in [0.05, 0.1) is 22.1 Å². The first kappa shape index (κ1) is 36.2. The molecular weight excluding hydrogens is 725 g/mol. The zero-order chi connectivity index (χ0) is 40.0. The number of benzene rings is 7. The van der Waals surface area contributed by atoms with Crippen molar-refractivity contribution in [3.05, 3.63) is 216 Å². The molecule has 0 bridgehead atoms. The highest BCUT2D eigenvalue weighted by atomic mass is 15.0. The van der Waals surface area contributed by atoms with Crippen LogP contribution < -0.4 is 0 Å². The van der Waals surface area contributed by atoms with E-state index < -0.39 is 0 Å². The van der Waals surface area contributed by atoms with Gasteiger partial charge in [0.15, 0.2) is 0 Å². The summed E-state index contributed by atoms with van der Waals surface area (Å²) in [5.74, 6) is 1.02. The Morgan fingerprint density at radius 2 is 1.10 bits per heavy atom. The standard InChI is InChI=1S/C58H48N2/c1-2-3-4-7-16-40-25-27-43(28-26-40)46-33-47(34-46)48-35-49(59-55-23-14-12-21-51(55)53-37-44(29-31-57(53)59)41-17-8-5-9-18-41)39-50(36-48)60-56-24-15-13-22-52(56)54-38-45(30-32-58(54)60)42-19-10-6-11-20-42/h3-5,7-10,12-32,35-39,46-47H,2,6,11,33-34H2,1H3/b4-3-,16-7-. The molecule has 7 aromatic carbocycles. The zero-order valence-electron chi connectivity index (χ0n) is 34.1. The Hall–Kier alpha value is -6.90. The first-order chi connectivity index (χ1) is 29.7. The third-order valence-corrected chi connectivity index (χ3v) is 13.0. The van der Waals surface area contributed by atoms with Crippen LogP contribution in [0, 0.1) is 0 Å². The molecule has 0 radical (unpaired) electrons. The molecule has 0 saturated heterocycles. The predicted molar refractivity (Wildman–Crippen MR) is 257 cm³/mol. The highest BCUT2D eigenvalue weighted by Crippen LogP contribution is 2.49. The van der Waals surface area contributed by atoms with Crippen LogP contribution in [0.2, 0.25) is 0 Å². The lowest BCUT2D eigenvalue weighted by Gasteiger charge is -2.36. The number of fused-ring (bicyclic) bond motifs is 6. The van der Waals surface area contributed by atoms with Crippen LogP contribution in [0.5, 0.6) is 0 Å². The second kappa shape index (κ2) is 15.4. The maximum Gasteiger partial charge on any atom is 0.0541 e. The van der Waals surface area contributed by atoms with E-state index in [1.807, 2.05) is 0 Å². The molecule has 2 aromatic heterocycles. The minimum absolute atomic E-state index is 0.468. The monoisotopic (exact) mass is 772 g/mol. The Morgan fingerprint density at radius 3 is 1.75 bits per heavy atom. The van der Waals surface area contributed by atoms with E-state index in [1.165, 1.54) is 93.9 Å². The van der Waals surface area contributed by atoms with E-state index in [0.29, 0.717) is 11.8 Å². The van der Waals surface area contributed by atoms with Gasteiger partial charge in [-0.1, -0.05) is 153 Å². The van der Waals surface area contributed by atoms with E-state index in [1.54, 1.807) is 0 Å². The number of rotatable bonds is 9. The lowest BCUT2D eigenvalue weighted by molar-refractivity contribution is 0.351. The lowest BCUT2D eigenvalue weighted by Crippen LogP contribution is -2.20. The number of nitrogens with zero attached hydrogens (tertiary/aromatic N) is 2. The van der Waals surface area contributed by atoms with Gasteiger partial charge in [-0.2, -0.15) is 0 Å². The number of hydrogen-bond donors (Lipinski definition) is 0. The van der Waals surface area contributed by atoms with Gasteiger partial charge in [-0.25, -0.2) is 0 Å². The van der Waals surface area contributed by atoms with Crippen LogP contribution >= 0.6 is 0 Å². The van der Waals surface area contributed by atoms with Crippen molar-refractivity contribution in [1.29, 1.82) is 0 Å². The molecule has 60 heavy (non-hydrogen) atoms. The van der Waals surface area contributed by atoms with Crippen LogP contribution in [0.1, 0.15) is 73.1 Å². The van der Waals surface area contributed by atoms with Crippen molar-refractivity contribution in [3.8, 4) is 22.5 Å². The molecule has 2 heterocycles. The highest BCUT2D eigenvalue weighted by Gasteiger charge is 2.32. The van der Waals surface area contributed by atoms with Gasteiger partial charge < -0.3 is 9.13 Å². The average molecular weight is 773 g/mol. The fraction of sp³-hybridized carbons (Fsp3) is 0.138. The van der Waals surface area contributed by atoms with E-state index in [0.717, 1.165) is 32.1 Å². The largest absolute Gasteiger partial charge is 0.309 e. The maximum atomic E-state index is 2.52. The van der Waals surface area contributed by atoms with Gasteiger partial charge in [0.1, 0.15) is 0 Å². The van der Waals surface area contributed by atoms with Crippen molar-refractivity contribution in [2.24, 2.45) is 0 Å². The van der Waals surface area contributed by atoms with Gasteiger partial charge in [-0.05, 0) is 137 Å². The summed E-state index contributed by atoms with van der Waals surface area (Å²) in [6, 6.07) is 59.4. The second-order valence-electron chi connectivity index (χ2n) is 16.7. The van der Waals surface area contributed by atoms with Crippen LogP contribution in [0.15, 0.2) is 194 Å². The number of para-hydroxylation sites is 2. The molecule has 0 N–H and O–H groups in total. The summed E-state index contributed by atoms with van der Waals surface area (Å²) in [5, 5.41) is 5.13. The molecule has 11 rings (SSSR count). The van der Waals surface area contributed by atoms with Crippen LogP contribution in [0.4, 0.5) is 0 Å².